The van der Waals surface area contributed by atoms with E-state index in [4.69, 9.17) is 5.73 Å². The van der Waals surface area contributed by atoms with E-state index < -0.39 is 0 Å². The molecule has 2 N–H and O–H groups in total. The highest BCUT2D eigenvalue weighted by Gasteiger charge is 2.52. The summed E-state index contributed by atoms with van der Waals surface area (Å²) in [4.78, 5) is 9.48. The van der Waals surface area contributed by atoms with Gasteiger partial charge in [-0.1, -0.05) is 22.0 Å². The molecule has 0 aromatic heterocycles. The summed E-state index contributed by atoms with van der Waals surface area (Å²) >= 11 is 3.57. The second-order valence-corrected chi connectivity index (χ2v) is 7.59. The minimum atomic E-state index is 0.0865. The van der Waals surface area contributed by atoms with Crippen molar-refractivity contribution < 1.29 is 0 Å². The smallest absolute Gasteiger partial charge is 0.196 e. The van der Waals surface area contributed by atoms with Crippen molar-refractivity contribution in [1.29, 1.82) is 0 Å². The minimum Gasteiger partial charge on any atom is -0.369 e. The fraction of sp³-hybridized carbons (Fsp3) is 0.562. The number of nitrogens with zero attached hydrogens (tertiary/aromatic N) is 3. The molecule has 2 unspecified atom stereocenters. The van der Waals surface area contributed by atoms with E-state index in [1.807, 2.05) is 0 Å². The van der Waals surface area contributed by atoms with Crippen LogP contribution in [0.5, 0.6) is 0 Å². The van der Waals surface area contributed by atoms with Gasteiger partial charge in [-0.25, -0.2) is 0 Å². The predicted octanol–water partition coefficient (Wildman–Crippen LogP) is 2.58. The van der Waals surface area contributed by atoms with E-state index in [1.165, 1.54) is 12.8 Å². The number of guanidine groups is 1. The molecule has 5 heteroatoms. The summed E-state index contributed by atoms with van der Waals surface area (Å²) in [5, 5.41) is 0. The fourth-order valence-electron chi connectivity index (χ4n) is 4.49. The Morgan fingerprint density at radius 2 is 2.00 bits per heavy atom. The molecule has 112 valence electrons. The first-order valence-electron chi connectivity index (χ1n) is 7.67. The van der Waals surface area contributed by atoms with Gasteiger partial charge in [0.25, 0.3) is 0 Å². The highest BCUT2D eigenvalue weighted by atomic mass is 79.9. The van der Waals surface area contributed by atoms with Crippen molar-refractivity contribution >= 4 is 27.6 Å². The number of aliphatic imine (C=N–C) groups is 1. The van der Waals surface area contributed by atoms with Crippen LogP contribution in [0.25, 0.3) is 0 Å². The maximum atomic E-state index is 6.26. The lowest BCUT2D eigenvalue weighted by Crippen LogP contribution is -2.60. The average Bonchev–Trinajstić information content (AvgIpc) is 2.85. The molecule has 2 atom stereocenters. The number of nitrogens with two attached hydrogens (primary N) is 1. The molecule has 3 heterocycles. The van der Waals surface area contributed by atoms with E-state index in [0.717, 1.165) is 29.5 Å². The zero-order valence-corrected chi connectivity index (χ0v) is 13.9. The van der Waals surface area contributed by atoms with Crippen LogP contribution in [0.3, 0.4) is 0 Å². The van der Waals surface area contributed by atoms with Gasteiger partial charge < -0.3 is 15.5 Å². The van der Waals surface area contributed by atoms with Crippen LogP contribution in [-0.2, 0) is 0 Å². The number of hydrogen-bond acceptors (Lipinski definition) is 4. The highest BCUT2D eigenvalue weighted by Crippen LogP contribution is 2.46. The van der Waals surface area contributed by atoms with Gasteiger partial charge in [0.1, 0.15) is 0 Å². The molecule has 4 nitrogen and oxygen atoms in total. The number of halogens is 1. The van der Waals surface area contributed by atoms with Crippen LogP contribution in [0.4, 0.5) is 5.69 Å². The van der Waals surface area contributed by atoms with E-state index in [1.54, 1.807) is 0 Å². The molecular formula is C16H21BrN4. The molecule has 2 saturated heterocycles. The van der Waals surface area contributed by atoms with Crippen LogP contribution < -0.4 is 10.6 Å². The Bertz CT molecular complexity index is 586. The number of anilines is 1. The fourth-order valence-corrected chi connectivity index (χ4v) is 4.88. The lowest BCUT2D eigenvalue weighted by atomic mass is 9.82. The quantitative estimate of drug-likeness (QED) is 0.848. The van der Waals surface area contributed by atoms with Crippen molar-refractivity contribution in [3.63, 3.8) is 0 Å². The van der Waals surface area contributed by atoms with Crippen LogP contribution in [0.2, 0.25) is 0 Å². The highest BCUT2D eigenvalue weighted by molar-refractivity contribution is 9.10. The Kier molecular flexibility index (Phi) is 3.05. The van der Waals surface area contributed by atoms with Crippen LogP contribution in [0.15, 0.2) is 33.7 Å². The molecule has 0 amide bonds. The Labute approximate surface area is 134 Å². The summed E-state index contributed by atoms with van der Waals surface area (Å²) in [6, 6.07) is 9.77. The Morgan fingerprint density at radius 1 is 1.29 bits per heavy atom. The largest absolute Gasteiger partial charge is 0.369 e. The summed E-state index contributed by atoms with van der Waals surface area (Å²) in [6.07, 6.45) is 4.96. The third-order valence-corrected chi connectivity index (χ3v) is 6.01. The number of hydrogen-bond donors (Lipinski definition) is 1. The molecule has 1 aromatic rings. The van der Waals surface area contributed by atoms with Crippen molar-refractivity contribution in [3.05, 3.63) is 28.7 Å². The zero-order chi connectivity index (χ0) is 14.6. The molecule has 0 saturated carbocycles. The molecule has 3 aliphatic heterocycles. The van der Waals surface area contributed by atoms with Gasteiger partial charge in [-0.05, 0) is 50.9 Å². The summed E-state index contributed by atoms with van der Waals surface area (Å²) in [5.74, 6) is 0.678. The second-order valence-electron chi connectivity index (χ2n) is 6.67. The normalized spacial score (nSPS) is 35.5. The Balaban J connectivity index is 1.73. The molecule has 0 radical (unpaired) electrons. The van der Waals surface area contributed by atoms with Crippen molar-refractivity contribution in [1.82, 2.24) is 4.90 Å². The van der Waals surface area contributed by atoms with E-state index in [2.05, 4.69) is 62.0 Å². The van der Waals surface area contributed by atoms with Crippen molar-refractivity contribution in [2.75, 3.05) is 18.5 Å². The first-order chi connectivity index (χ1) is 10.1. The van der Waals surface area contributed by atoms with E-state index >= 15 is 0 Å². The molecule has 2 bridgehead atoms. The monoisotopic (exact) mass is 348 g/mol. The maximum absolute atomic E-state index is 6.26. The SMILES string of the molecule is CN1C2CCC1CC1(CN=C(N)N1c1cccc(Br)c1)C2. The molecule has 3 aliphatic rings. The van der Waals surface area contributed by atoms with Crippen molar-refractivity contribution in [2.24, 2.45) is 10.7 Å². The predicted molar refractivity (Wildman–Crippen MR) is 89.6 cm³/mol. The van der Waals surface area contributed by atoms with Gasteiger partial charge in [-0.15, -0.1) is 0 Å². The van der Waals surface area contributed by atoms with Gasteiger partial charge in [-0.2, -0.15) is 0 Å². The van der Waals surface area contributed by atoms with Gasteiger partial charge in [0.05, 0.1) is 12.1 Å². The molecule has 1 spiro atoms. The Morgan fingerprint density at radius 3 is 2.67 bits per heavy atom. The summed E-state index contributed by atoms with van der Waals surface area (Å²) in [5.41, 5.74) is 7.51. The average molecular weight is 349 g/mol. The third kappa shape index (κ3) is 2.01. The number of benzene rings is 1. The zero-order valence-electron chi connectivity index (χ0n) is 12.3. The van der Waals surface area contributed by atoms with Gasteiger partial charge in [0.2, 0.25) is 0 Å². The molecule has 0 aliphatic carbocycles. The standard InChI is InChI=1S/C16H21BrN4/c1-20-13-5-6-14(20)9-16(8-13)10-19-15(18)21(16)12-4-2-3-11(17)7-12/h2-4,7,13-14H,5-6,8-10H2,1H3,(H2,18,19). The summed E-state index contributed by atoms with van der Waals surface area (Å²) < 4.78 is 1.09. The first kappa shape index (κ1) is 13.6. The molecule has 2 fully saturated rings. The lowest BCUT2D eigenvalue weighted by Gasteiger charge is -2.48. The molecule has 4 rings (SSSR count). The van der Waals surface area contributed by atoms with E-state index in [9.17, 15) is 0 Å². The molecule has 21 heavy (non-hydrogen) atoms. The van der Waals surface area contributed by atoms with Crippen LogP contribution in [0.1, 0.15) is 25.7 Å². The number of rotatable bonds is 1. The van der Waals surface area contributed by atoms with Crippen LogP contribution in [0, 0.1) is 0 Å². The molecular weight excluding hydrogens is 328 g/mol. The van der Waals surface area contributed by atoms with Gasteiger partial charge in [0.15, 0.2) is 5.96 Å². The summed E-state index contributed by atoms with van der Waals surface area (Å²) in [7, 11) is 2.28. The van der Waals surface area contributed by atoms with Gasteiger partial charge in [0, 0.05) is 22.2 Å². The topological polar surface area (TPSA) is 44.9 Å². The second kappa shape index (κ2) is 4.71. The van der Waals surface area contributed by atoms with Crippen LogP contribution in [-0.4, -0.2) is 42.1 Å². The van der Waals surface area contributed by atoms with E-state index in [-0.39, 0.29) is 5.54 Å². The van der Waals surface area contributed by atoms with E-state index in [0.29, 0.717) is 18.0 Å². The number of fused-ring (bicyclic) bond motifs is 2. The van der Waals surface area contributed by atoms with Gasteiger partial charge in [-0.3, -0.25) is 4.99 Å². The maximum Gasteiger partial charge on any atom is 0.196 e. The first-order valence-corrected chi connectivity index (χ1v) is 8.46. The minimum absolute atomic E-state index is 0.0865. The van der Waals surface area contributed by atoms with Gasteiger partial charge >= 0.3 is 0 Å². The lowest BCUT2D eigenvalue weighted by molar-refractivity contribution is 0.122. The van der Waals surface area contributed by atoms with Crippen molar-refractivity contribution in [2.45, 2.75) is 43.3 Å². The third-order valence-electron chi connectivity index (χ3n) is 5.52. The number of piperidine rings is 1. The Hall–Kier alpha value is -1.07. The summed E-state index contributed by atoms with van der Waals surface area (Å²) in [6.45, 7) is 0.839. The van der Waals surface area contributed by atoms with Crippen molar-refractivity contribution in [3.8, 4) is 0 Å². The molecule has 1 aromatic carbocycles. The van der Waals surface area contributed by atoms with Crippen LogP contribution >= 0.6 is 15.9 Å².